The average Bonchev–Trinajstić information content (AvgIpc) is 2.28. The molecule has 0 saturated carbocycles. The van der Waals surface area contributed by atoms with Crippen molar-refractivity contribution < 1.29 is 9.72 Å². The third-order valence-corrected chi connectivity index (χ3v) is 2.53. The maximum Gasteiger partial charge on any atom is 0.292 e. The molecule has 0 heterocycles. The molecule has 0 fully saturated rings. The van der Waals surface area contributed by atoms with Gasteiger partial charge in [0.05, 0.1) is 11.5 Å². The van der Waals surface area contributed by atoms with E-state index < -0.39 is 4.92 Å². The van der Waals surface area contributed by atoms with E-state index in [9.17, 15) is 14.9 Å². The molecule has 0 aromatic heterocycles. The van der Waals surface area contributed by atoms with Crippen LogP contribution >= 0.6 is 0 Å². The molecule has 3 N–H and O–H groups in total. The highest BCUT2D eigenvalue weighted by atomic mass is 16.6. The Balaban J connectivity index is 2.65. The molecule has 0 spiro atoms. The lowest BCUT2D eigenvalue weighted by Crippen LogP contribution is -2.34. The zero-order valence-electron chi connectivity index (χ0n) is 11.0. The molecule has 7 heteroatoms. The van der Waals surface area contributed by atoms with E-state index >= 15 is 0 Å². The van der Waals surface area contributed by atoms with Gasteiger partial charge in [0, 0.05) is 19.2 Å². The number of benzene rings is 1. The Morgan fingerprint density at radius 3 is 2.74 bits per heavy atom. The van der Waals surface area contributed by atoms with E-state index in [-0.39, 0.29) is 23.8 Å². The minimum atomic E-state index is -0.516. The largest absolute Gasteiger partial charge is 0.393 e. The first-order chi connectivity index (χ1) is 8.93. The minimum Gasteiger partial charge on any atom is -0.393 e. The highest BCUT2D eigenvalue weighted by molar-refractivity contribution is 5.77. The van der Waals surface area contributed by atoms with Gasteiger partial charge in [-0.3, -0.25) is 19.8 Å². The molecule has 1 amide bonds. The fourth-order valence-electron chi connectivity index (χ4n) is 1.73. The number of nitro groups is 1. The first-order valence-corrected chi connectivity index (χ1v) is 5.92. The average molecular weight is 266 g/mol. The Hall–Kier alpha value is -2.15. The molecule has 1 rings (SSSR count). The van der Waals surface area contributed by atoms with Gasteiger partial charge in [0.15, 0.2) is 0 Å². The monoisotopic (exact) mass is 266 g/mol. The van der Waals surface area contributed by atoms with Crippen LogP contribution in [-0.4, -0.2) is 35.9 Å². The summed E-state index contributed by atoms with van der Waals surface area (Å²) in [7, 11) is 1.80. The third kappa shape index (κ3) is 4.55. The van der Waals surface area contributed by atoms with Crippen LogP contribution in [-0.2, 0) is 11.3 Å². The minimum absolute atomic E-state index is 0.0557. The number of carbonyl (C=O) groups is 1. The van der Waals surface area contributed by atoms with Crippen molar-refractivity contribution in [3.8, 4) is 0 Å². The summed E-state index contributed by atoms with van der Waals surface area (Å²) in [5.74, 6) is -0.0557. The maximum atomic E-state index is 11.4. The van der Waals surface area contributed by atoms with Crippen LogP contribution in [0.1, 0.15) is 12.5 Å². The van der Waals surface area contributed by atoms with Crippen molar-refractivity contribution in [3.63, 3.8) is 0 Å². The normalized spacial score (nSPS) is 10.5. The number of nitrogen functional groups attached to an aromatic ring is 1. The molecule has 0 aliphatic rings. The van der Waals surface area contributed by atoms with Crippen molar-refractivity contribution in [2.24, 2.45) is 0 Å². The van der Waals surface area contributed by atoms with Gasteiger partial charge in [-0.05, 0) is 25.6 Å². The summed E-state index contributed by atoms with van der Waals surface area (Å²) >= 11 is 0. The topological polar surface area (TPSA) is 102 Å². The fourth-order valence-corrected chi connectivity index (χ4v) is 1.73. The number of anilines is 1. The Labute approximate surface area is 111 Å². The molecule has 1 aromatic carbocycles. The van der Waals surface area contributed by atoms with Crippen LogP contribution in [0.3, 0.4) is 0 Å². The zero-order valence-corrected chi connectivity index (χ0v) is 11.0. The molecule has 0 atom stereocenters. The van der Waals surface area contributed by atoms with Gasteiger partial charge in [-0.2, -0.15) is 0 Å². The number of hydrogen-bond acceptors (Lipinski definition) is 5. The lowest BCUT2D eigenvalue weighted by Gasteiger charge is -2.16. The van der Waals surface area contributed by atoms with E-state index in [1.165, 1.54) is 6.07 Å². The third-order valence-electron chi connectivity index (χ3n) is 2.53. The number of hydrogen-bond donors (Lipinski definition) is 2. The van der Waals surface area contributed by atoms with E-state index in [0.717, 1.165) is 5.56 Å². The van der Waals surface area contributed by atoms with Gasteiger partial charge in [0.2, 0.25) is 5.91 Å². The van der Waals surface area contributed by atoms with Crippen LogP contribution in [0.2, 0.25) is 0 Å². The number of amides is 1. The van der Waals surface area contributed by atoms with E-state index in [4.69, 9.17) is 5.73 Å². The molecule has 1 aromatic rings. The predicted octanol–water partition coefficient (Wildman–Crippen LogP) is 0.745. The first-order valence-electron chi connectivity index (χ1n) is 5.92. The second kappa shape index (κ2) is 6.69. The van der Waals surface area contributed by atoms with Crippen molar-refractivity contribution >= 4 is 17.3 Å². The van der Waals surface area contributed by atoms with Crippen LogP contribution in [0, 0.1) is 10.1 Å². The van der Waals surface area contributed by atoms with E-state index in [2.05, 4.69) is 5.32 Å². The summed E-state index contributed by atoms with van der Waals surface area (Å²) in [4.78, 5) is 23.3. The molecule has 0 aliphatic carbocycles. The lowest BCUT2D eigenvalue weighted by atomic mass is 10.1. The molecule has 0 saturated heterocycles. The highest BCUT2D eigenvalue weighted by Gasteiger charge is 2.12. The zero-order chi connectivity index (χ0) is 14.4. The van der Waals surface area contributed by atoms with E-state index in [0.29, 0.717) is 13.1 Å². The molecule has 0 radical (unpaired) electrons. The molecule has 0 aliphatic heterocycles. The molecule has 104 valence electrons. The van der Waals surface area contributed by atoms with Gasteiger partial charge >= 0.3 is 0 Å². The van der Waals surface area contributed by atoms with Crippen LogP contribution in [0.15, 0.2) is 18.2 Å². The predicted molar refractivity (Wildman–Crippen MR) is 72.5 cm³/mol. The van der Waals surface area contributed by atoms with Crippen LogP contribution in [0.5, 0.6) is 0 Å². The standard InChI is InChI=1S/C12H18N4O3/c1-3-14-12(17)8-15(2)7-9-4-5-11(16(18)19)10(13)6-9/h4-6H,3,7-8,13H2,1-2H3,(H,14,17). The van der Waals surface area contributed by atoms with Crippen molar-refractivity contribution in [2.45, 2.75) is 13.5 Å². The quantitative estimate of drug-likeness (QED) is 0.449. The summed E-state index contributed by atoms with van der Waals surface area (Å²) in [5, 5.41) is 13.3. The van der Waals surface area contributed by atoms with Crippen molar-refractivity contribution in [1.29, 1.82) is 0 Å². The Morgan fingerprint density at radius 2 is 2.21 bits per heavy atom. The molecule has 0 bridgehead atoms. The summed E-state index contributed by atoms with van der Waals surface area (Å²) < 4.78 is 0. The van der Waals surface area contributed by atoms with E-state index in [1.807, 2.05) is 11.8 Å². The van der Waals surface area contributed by atoms with Crippen LogP contribution < -0.4 is 11.1 Å². The lowest BCUT2D eigenvalue weighted by molar-refractivity contribution is -0.383. The molecule has 0 unspecified atom stereocenters. The van der Waals surface area contributed by atoms with Crippen molar-refractivity contribution in [3.05, 3.63) is 33.9 Å². The highest BCUT2D eigenvalue weighted by Crippen LogP contribution is 2.22. The van der Waals surface area contributed by atoms with Gasteiger partial charge in [0.25, 0.3) is 5.69 Å². The van der Waals surface area contributed by atoms with Gasteiger partial charge in [-0.25, -0.2) is 0 Å². The SMILES string of the molecule is CCNC(=O)CN(C)Cc1ccc([N+](=O)[O-])c(N)c1. The van der Waals surface area contributed by atoms with Gasteiger partial charge < -0.3 is 11.1 Å². The molecular formula is C12H18N4O3. The number of nitrogens with zero attached hydrogens (tertiary/aromatic N) is 2. The summed E-state index contributed by atoms with van der Waals surface area (Å²) in [6.07, 6.45) is 0. The van der Waals surface area contributed by atoms with Crippen LogP contribution in [0.4, 0.5) is 11.4 Å². The van der Waals surface area contributed by atoms with Crippen LogP contribution in [0.25, 0.3) is 0 Å². The summed E-state index contributed by atoms with van der Waals surface area (Å²) in [5.41, 5.74) is 6.47. The molecule has 19 heavy (non-hydrogen) atoms. The first kappa shape index (κ1) is 14.9. The maximum absolute atomic E-state index is 11.4. The molecular weight excluding hydrogens is 248 g/mol. The van der Waals surface area contributed by atoms with Gasteiger partial charge in [-0.15, -0.1) is 0 Å². The number of nitrogens with one attached hydrogen (secondary N) is 1. The van der Waals surface area contributed by atoms with Crippen molar-refractivity contribution in [2.75, 3.05) is 25.9 Å². The number of nitro benzene ring substituents is 1. The molecule has 7 nitrogen and oxygen atoms in total. The van der Waals surface area contributed by atoms with Crippen molar-refractivity contribution in [1.82, 2.24) is 10.2 Å². The Kier molecular flexibility index (Phi) is 5.25. The smallest absolute Gasteiger partial charge is 0.292 e. The van der Waals surface area contributed by atoms with Gasteiger partial charge in [-0.1, -0.05) is 6.07 Å². The summed E-state index contributed by atoms with van der Waals surface area (Å²) in [6.45, 7) is 3.22. The number of nitrogens with two attached hydrogens (primary N) is 1. The van der Waals surface area contributed by atoms with Gasteiger partial charge in [0.1, 0.15) is 5.69 Å². The number of carbonyl (C=O) groups excluding carboxylic acids is 1. The number of rotatable bonds is 6. The second-order valence-electron chi connectivity index (χ2n) is 4.28. The summed E-state index contributed by atoms with van der Waals surface area (Å²) in [6, 6.07) is 4.58. The second-order valence-corrected chi connectivity index (χ2v) is 4.28. The Morgan fingerprint density at radius 1 is 1.53 bits per heavy atom. The number of likely N-dealkylation sites (N-methyl/N-ethyl adjacent to an activating group) is 2. The Bertz CT molecular complexity index is 476. The van der Waals surface area contributed by atoms with E-state index in [1.54, 1.807) is 19.2 Å². The fraction of sp³-hybridized carbons (Fsp3) is 0.417.